The number of nitrogens with two attached hydrogens (primary N) is 1. The first kappa shape index (κ1) is 16.1. The molecule has 6 heteroatoms. The van der Waals surface area contributed by atoms with E-state index in [-0.39, 0.29) is 17.4 Å². The standard InChI is InChI=1S/C13H21FN2O2S/c1-4-16(9-10(2)3)19(17,18)13-7-12(14)6-5-11(13)8-15/h5-7,10H,4,8-9,15H2,1-3H3. The third-order valence-electron chi connectivity index (χ3n) is 2.79. The van der Waals surface area contributed by atoms with Crippen LogP contribution in [0.25, 0.3) is 0 Å². The highest BCUT2D eigenvalue weighted by atomic mass is 32.2. The zero-order valence-electron chi connectivity index (χ0n) is 11.6. The van der Waals surface area contributed by atoms with E-state index in [0.717, 1.165) is 6.07 Å². The van der Waals surface area contributed by atoms with E-state index in [1.807, 2.05) is 13.8 Å². The molecule has 1 aromatic rings. The van der Waals surface area contributed by atoms with Crippen molar-refractivity contribution < 1.29 is 12.8 Å². The maximum Gasteiger partial charge on any atom is 0.243 e. The molecule has 0 saturated carbocycles. The Morgan fingerprint density at radius 2 is 2.00 bits per heavy atom. The summed E-state index contributed by atoms with van der Waals surface area (Å²) in [5, 5.41) is 0. The van der Waals surface area contributed by atoms with Crippen molar-refractivity contribution in [2.75, 3.05) is 13.1 Å². The minimum atomic E-state index is -3.70. The van der Waals surface area contributed by atoms with Crippen LogP contribution in [0, 0.1) is 11.7 Å². The molecule has 0 aromatic heterocycles. The molecule has 0 saturated heterocycles. The van der Waals surface area contributed by atoms with Gasteiger partial charge in [-0.3, -0.25) is 0 Å². The van der Waals surface area contributed by atoms with Crippen LogP contribution in [0.15, 0.2) is 23.1 Å². The summed E-state index contributed by atoms with van der Waals surface area (Å²) in [4.78, 5) is -0.0301. The van der Waals surface area contributed by atoms with E-state index in [4.69, 9.17) is 5.73 Å². The van der Waals surface area contributed by atoms with E-state index >= 15 is 0 Å². The first-order chi connectivity index (χ1) is 8.82. The fourth-order valence-electron chi connectivity index (χ4n) is 1.88. The SMILES string of the molecule is CCN(CC(C)C)S(=O)(=O)c1cc(F)ccc1CN. The molecule has 0 amide bonds. The Kier molecular flexibility index (Phi) is 5.46. The molecule has 2 N–H and O–H groups in total. The van der Waals surface area contributed by atoms with E-state index in [1.165, 1.54) is 16.4 Å². The van der Waals surface area contributed by atoms with Crippen molar-refractivity contribution >= 4 is 10.0 Å². The lowest BCUT2D eigenvalue weighted by Gasteiger charge is -2.23. The summed E-state index contributed by atoms with van der Waals surface area (Å²) in [6.07, 6.45) is 0. The minimum Gasteiger partial charge on any atom is -0.326 e. The monoisotopic (exact) mass is 288 g/mol. The van der Waals surface area contributed by atoms with Gasteiger partial charge in [0.05, 0.1) is 4.90 Å². The van der Waals surface area contributed by atoms with Crippen molar-refractivity contribution in [3.05, 3.63) is 29.6 Å². The Hall–Kier alpha value is -0.980. The van der Waals surface area contributed by atoms with Crippen molar-refractivity contribution in [2.45, 2.75) is 32.2 Å². The van der Waals surface area contributed by atoms with Crippen molar-refractivity contribution in [1.29, 1.82) is 0 Å². The Balaban J connectivity index is 3.28. The van der Waals surface area contributed by atoms with Gasteiger partial charge in [0, 0.05) is 19.6 Å². The lowest BCUT2D eigenvalue weighted by atomic mass is 10.2. The van der Waals surface area contributed by atoms with Gasteiger partial charge in [-0.1, -0.05) is 26.8 Å². The van der Waals surface area contributed by atoms with Gasteiger partial charge < -0.3 is 5.73 Å². The maximum atomic E-state index is 13.3. The van der Waals surface area contributed by atoms with E-state index in [1.54, 1.807) is 6.92 Å². The number of halogens is 1. The van der Waals surface area contributed by atoms with Crippen LogP contribution in [0.3, 0.4) is 0 Å². The van der Waals surface area contributed by atoms with E-state index < -0.39 is 15.8 Å². The highest BCUT2D eigenvalue weighted by Crippen LogP contribution is 2.22. The number of benzene rings is 1. The second-order valence-corrected chi connectivity index (χ2v) is 6.71. The van der Waals surface area contributed by atoms with Gasteiger partial charge in [-0.05, 0) is 23.6 Å². The largest absolute Gasteiger partial charge is 0.326 e. The molecule has 0 spiro atoms. The third-order valence-corrected chi connectivity index (χ3v) is 4.81. The first-order valence-electron chi connectivity index (χ1n) is 6.31. The van der Waals surface area contributed by atoms with Crippen LogP contribution in [-0.2, 0) is 16.6 Å². The molecule has 0 radical (unpaired) electrons. The van der Waals surface area contributed by atoms with Gasteiger partial charge >= 0.3 is 0 Å². The third kappa shape index (κ3) is 3.75. The number of sulfonamides is 1. The molecule has 108 valence electrons. The van der Waals surface area contributed by atoms with Crippen molar-refractivity contribution in [3.8, 4) is 0 Å². The Morgan fingerprint density at radius 3 is 2.47 bits per heavy atom. The highest BCUT2D eigenvalue weighted by Gasteiger charge is 2.26. The molecule has 1 aromatic carbocycles. The van der Waals surface area contributed by atoms with Gasteiger partial charge in [-0.25, -0.2) is 12.8 Å². The second-order valence-electron chi connectivity index (χ2n) is 4.81. The summed E-state index contributed by atoms with van der Waals surface area (Å²) >= 11 is 0. The molecule has 0 bridgehead atoms. The predicted octanol–water partition coefficient (Wildman–Crippen LogP) is 1.95. The zero-order chi connectivity index (χ0) is 14.6. The Labute approximate surface area is 114 Å². The molecule has 19 heavy (non-hydrogen) atoms. The van der Waals surface area contributed by atoms with Gasteiger partial charge in [0.25, 0.3) is 0 Å². The zero-order valence-corrected chi connectivity index (χ0v) is 12.4. The van der Waals surface area contributed by atoms with E-state index in [9.17, 15) is 12.8 Å². The van der Waals surface area contributed by atoms with Crippen LogP contribution < -0.4 is 5.73 Å². The van der Waals surface area contributed by atoms with Crippen LogP contribution in [0.5, 0.6) is 0 Å². The molecule has 4 nitrogen and oxygen atoms in total. The fraction of sp³-hybridized carbons (Fsp3) is 0.538. The summed E-state index contributed by atoms with van der Waals surface area (Å²) < 4.78 is 39.7. The molecule has 0 aliphatic carbocycles. The molecular formula is C13H21FN2O2S. The van der Waals surface area contributed by atoms with E-state index in [0.29, 0.717) is 18.7 Å². The summed E-state index contributed by atoms with van der Waals surface area (Å²) in [5.41, 5.74) is 5.97. The van der Waals surface area contributed by atoms with Gasteiger partial charge in [0.2, 0.25) is 10.0 Å². The number of nitrogens with zero attached hydrogens (tertiary/aromatic N) is 1. The summed E-state index contributed by atoms with van der Waals surface area (Å²) in [5.74, 6) is -0.374. The normalized spacial score (nSPS) is 12.4. The molecule has 0 aliphatic rings. The molecule has 0 atom stereocenters. The van der Waals surface area contributed by atoms with Crippen LogP contribution >= 0.6 is 0 Å². The Morgan fingerprint density at radius 1 is 1.37 bits per heavy atom. The molecule has 1 rings (SSSR count). The fourth-order valence-corrected chi connectivity index (χ4v) is 3.74. The topological polar surface area (TPSA) is 63.4 Å². The minimum absolute atomic E-state index is 0.0301. The average Bonchev–Trinajstić information content (AvgIpc) is 2.35. The van der Waals surface area contributed by atoms with Crippen LogP contribution in [0.2, 0.25) is 0 Å². The van der Waals surface area contributed by atoms with Crippen LogP contribution in [0.4, 0.5) is 4.39 Å². The molecule has 0 fully saturated rings. The number of rotatable bonds is 6. The van der Waals surface area contributed by atoms with Gasteiger partial charge in [-0.15, -0.1) is 0 Å². The number of hydrogen-bond acceptors (Lipinski definition) is 3. The molecule has 0 unspecified atom stereocenters. The first-order valence-corrected chi connectivity index (χ1v) is 7.75. The van der Waals surface area contributed by atoms with Crippen LogP contribution in [-0.4, -0.2) is 25.8 Å². The summed E-state index contributed by atoms with van der Waals surface area (Å²) in [6.45, 7) is 6.46. The van der Waals surface area contributed by atoms with Gasteiger partial charge in [-0.2, -0.15) is 4.31 Å². The number of hydrogen-bond donors (Lipinski definition) is 1. The average molecular weight is 288 g/mol. The predicted molar refractivity (Wildman–Crippen MR) is 73.6 cm³/mol. The second kappa shape index (κ2) is 6.45. The van der Waals surface area contributed by atoms with Crippen molar-refractivity contribution in [3.63, 3.8) is 0 Å². The quantitative estimate of drug-likeness (QED) is 0.870. The molecule has 0 aliphatic heterocycles. The van der Waals surface area contributed by atoms with Gasteiger partial charge in [0.15, 0.2) is 0 Å². The van der Waals surface area contributed by atoms with Crippen molar-refractivity contribution in [2.24, 2.45) is 11.7 Å². The molecular weight excluding hydrogens is 267 g/mol. The lowest BCUT2D eigenvalue weighted by Crippen LogP contribution is -2.34. The smallest absolute Gasteiger partial charge is 0.243 e. The van der Waals surface area contributed by atoms with E-state index in [2.05, 4.69) is 0 Å². The highest BCUT2D eigenvalue weighted by molar-refractivity contribution is 7.89. The van der Waals surface area contributed by atoms with Crippen molar-refractivity contribution in [1.82, 2.24) is 4.31 Å². The Bertz CT molecular complexity index is 529. The lowest BCUT2D eigenvalue weighted by molar-refractivity contribution is 0.380. The van der Waals surface area contributed by atoms with Gasteiger partial charge in [0.1, 0.15) is 5.82 Å². The maximum absolute atomic E-state index is 13.3. The summed E-state index contributed by atoms with van der Waals surface area (Å²) in [6, 6.07) is 3.69. The van der Waals surface area contributed by atoms with Crippen LogP contribution in [0.1, 0.15) is 26.3 Å². The molecule has 0 heterocycles. The summed E-state index contributed by atoms with van der Waals surface area (Å²) in [7, 11) is -3.70.